The third-order valence-electron chi connectivity index (χ3n) is 16.4. The molecule has 3 aromatic rings. The highest BCUT2D eigenvalue weighted by Crippen LogP contribution is 2.40. The van der Waals surface area contributed by atoms with E-state index in [4.69, 9.17) is 28.4 Å². The number of aromatic nitrogens is 5. The number of aliphatic hydroxyl groups is 5. The van der Waals surface area contributed by atoms with Gasteiger partial charge in [-0.25, -0.2) is 9.97 Å². The van der Waals surface area contributed by atoms with Gasteiger partial charge in [0.2, 0.25) is 0 Å². The summed E-state index contributed by atoms with van der Waals surface area (Å²) in [5.74, 6) is -2.75. The van der Waals surface area contributed by atoms with E-state index in [1.165, 1.54) is 25.9 Å². The van der Waals surface area contributed by atoms with Gasteiger partial charge in [0.25, 0.3) is 0 Å². The molecule has 416 valence electrons. The van der Waals surface area contributed by atoms with Crippen LogP contribution in [0.25, 0.3) is 11.1 Å². The number of aryl methyl sites for hydroxylation is 2. The van der Waals surface area contributed by atoms with Crippen LogP contribution in [0.2, 0.25) is 0 Å². The first kappa shape index (κ1) is 59.7. The number of methoxy groups -OCH3 is 1. The van der Waals surface area contributed by atoms with Crippen LogP contribution in [0.1, 0.15) is 119 Å². The molecule has 74 heavy (non-hydrogen) atoms. The summed E-state index contributed by atoms with van der Waals surface area (Å²) in [5.41, 5.74) is -0.320. The van der Waals surface area contributed by atoms with Gasteiger partial charge in [0.15, 0.2) is 12.6 Å². The zero-order valence-electron chi connectivity index (χ0n) is 46.3. The van der Waals surface area contributed by atoms with Crippen molar-refractivity contribution in [3.05, 3.63) is 60.4 Å². The maximum atomic E-state index is 14.5. The number of cyclic esters (lactones) is 1. The fourth-order valence-corrected chi connectivity index (χ4v) is 11.6. The van der Waals surface area contributed by atoms with Crippen LogP contribution in [0.3, 0.4) is 0 Å². The quantitative estimate of drug-likeness (QED) is 0.0975. The molecule has 5 heterocycles. The third kappa shape index (κ3) is 14.5. The minimum absolute atomic E-state index is 0.108. The summed E-state index contributed by atoms with van der Waals surface area (Å²) in [7, 11) is 5.32. The lowest BCUT2D eigenvalue weighted by molar-refractivity contribution is -0.318. The van der Waals surface area contributed by atoms with Gasteiger partial charge in [-0.15, -0.1) is 5.10 Å². The molecule has 0 aliphatic carbocycles. The molecule has 18 atom stereocenters. The molecular weight excluding hydrogens is 951 g/mol. The van der Waals surface area contributed by atoms with E-state index in [1.54, 1.807) is 41.5 Å². The normalized spacial score (nSPS) is 38.3. The molecule has 0 spiro atoms. The molecule has 19 nitrogen and oxygen atoms in total. The fraction of sp³-hybridized carbons (Fsp3) is 0.764. The molecule has 1 aromatic carbocycles. The van der Waals surface area contributed by atoms with Gasteiger partial charge in [0.05, 0.1) is 47.2 Å². The molecule has 3 aliphatic heterocycles. The first-order valence-corrected chi connectivity index (χ1v) is 26.9. The smallest absolute Gasteiger partial charge is 0.311 e. The zero-order valence-corrected chi connectivity index (χ0v) is 46.3. The van der Waals surface area contributed by atoms with Crippen LogP contribution >= 0.6 is 0 Å². The van der Waals surface area contributed by atoms with Crippen molar-refractivity contribution in [2.75, 3.05) is 34.3 Å². The summed E-state index contributed by atoms with van der Waals surface area (Å²) in [6.07, 6.45) is 1.73. The Hall–Kier alpha value is -3.57. The van der Waals surface area contributed by atoms with E-state index in [1.807, 2.05) is 63.0 Å². The van der Waals surface area contributed by atoms with Gasteiger partial charge in [-0.3, -0.25) is 9.48 Å². The van der Waals surface area contributed by atoms with Gasteiger partial charge in [0.1, 0.15) is 36.3 Å². The van der Waals surface area contributed by atoms with Crippen LogP contribution in [0, 0.1) is 17.8 Å². The lowest BCUT2D eigenvalue weighted by Gasteiger charge is -2.49. The van der Waals surface area contributed by atoms with Crippen LogP contribution in [0.5, 0.6) is 0 Å². The van der Waals surface area contributed by atoms with E-state index in [2.05, 4.69) is 49.4 Å². The molecule has 3 aliphatic rings. The summed E-state index contributed by atoms with van der Waals surface area (Å²) in [4.78, 5) is 26.8. The fourth-order valence-electron chi connectivity index (χ4n) is 11.6. The number of hydrogen-bond donors (Lipinski definition) is 5. The minimum atomic E-state index is -1.83. The predicted octanol–water partition coefficient (Wildman–Crippen LogP) is 4.59. The molecule has 5 N–H and O–H groups in total. The Bertz CT molecular complexity index is 2190. The van der Waals surface area contributed by atoms with Crippen molar-refractivity contribution in [2.45, 2.75) is 217 Å². The second kappa shape index (κ2) is 25.7. The topological polar surface area (TPSA) is 237 Å². The minimum Gasteiger partial charge on any atom is -0.459 e. The molecule has 0 unspecified atom stereocenters. The number of carbonyl (C=O) groups excluding carboxylic acids is 1. The highest BCUT2D eigenvalue weighted by Gasteiger charge is 2.53. The Morgan fingerprint density at radius 1 is 0.892 bits per heavy atom. The maximum absolute atomic E-state index is 14.5. The lowest BCUT2D eigenvalue weighted by Crippen LogP contribution is -2.61. The Balaban J connectivity index is 1.18. The standard InChI is InChI=1S/C55H89N7O12/c1-14-44-55(10,68)48(64)37(6)61(12)30-33(2)26-53(8,67)50(35(4)47(36(5)51(66)72-44)73-45-27-54(9,69-13)49(65)38(7)71-45)74-52-46(63)43(25-34(3)70-52)60(11)24-22-42-31-62(59-58-42)23-16-15-17-39-18-20-40(21-19-39)41-28-56-32-57-29-41/h18-21,28-29,31-38,43-50,52,63-65,67-68H,14-17,22-27,30H2,1-13H3/t33-,34-,35+,36-,37-,38+,43+,44-,45+,46-,47+,48-,49+,50-,52+,53-,54-,55-/m1/s1. The second-order valence-corrected chi connectivity index (χ2v) is 22.7. The van der Waals surface area contributed by atoms with E-state index in [-0.39, 0.29) is 31.3 Å². The monoisotopic (exact) mass is 1040 g/mol. The van der Waals surface area contributed by atoms with Crippen LogP contribution in [0.4, 0.5) is 0 Å². The number of nitrogens with zero attached hydrogens (tertiary/aromatic N) is 7. The summed E-state index contributed by atoms with van der Waals surface area (Å²) >= 11 is 0. The van der Waals surface area contributed by atoms with E-state index in [9.17, 15) is 30.3 Å². The van der Waals surface area contributed by atoms with Crippen molar-refractivity contribution in [1.29, 1.82) is 0 Å². The number of likely N-dealkylation sites (N-methyl/N-ethyl adjacent to an activating group) is 2. The molecule has 3 fully saturated rings. The summed E-state index contributed by atoms with van der Waals surface area (Å²) in [6.45, 7) is 19.4. The number of rotatable bonds is 16. The number of carbonyl (C=O) groups is 1. The Labute approximate surface area is 439 Å². The Morgan fingerprint density at radius 2 is 1.58 bits per heavy atom. The van der Waals surface area contributed by atoms with Gasteiger partial charge in [-0.1, -0.05) is 50.3 Å². The van der Waals surface area contributed by atoms with Crippen molar-refractivity contribution >= 4 is 5.97 Å². The molecular formula is C55H89N7O12. The molecule has 0 bridgehead atoms. The molecule has 0 saturated carbocycles. The van der Waals surface area contributed by atoms with Gasteiger partial charge < -0.3 is 63.8 Å². The van der Waals surface area contributed by atoms with Gasteiger partial charge in [-0.2, -0.15) is 0 Å². The van der Waals surface area contributed by atoms with E-state index in [0.717, 1.165) is 42.6 Å². The lowest BCUT2D eigenvalue weighted by atomic mass is 9.77. The van der Waals surface area contributed by atoms with Crippen molar-refractivity contribution in [3.8, 4) is 11.1 Å². The van der Waals surface area contributed by atoms with Crippen LogP contribution in [-0.2, 0) is 52.6 Å². The number of benzene rings is 1. The molecule has 19 heteroatoms. The van der Waals surface area contributed by atoms with E-state index in [0.29, 0.717) is 25.9 Å². The first-order chi connectivity index (χ1) is 34.9. The summed E-state index contributed by atoms with van der Waals surface area (Å²) in [6, 6.07) is 7.55. The van der Waals surface area contributed by atoms with Gasteiger partial charge in [-0.05, 0) is 118 Å². The molecule has 0 radical (unpaired) electrons. The maximum Gasteiger partial charge on any atom is 0.311 e. The van der Waals surface area contributed by atoms with E-state index >= 15 is 0 Å². The first-order valence-electron chi connectivity index (χ1n) is 26.9. The highest BCUT2D eigenvalue weighted by molar-refractivity contribution is 5.73. The zero-order chi connectivity index (χ0) is 54.3. The third-order valence-corrected chi connectivity index (χ3v) is 16.4. The molecule has 3 saturated heterocycles. The van der Waals surface area contributed by atoms with Gasteiger partial charge in [0, 0.05) is 81.7 Å². The SMILES string of the molecule is CC[C@H]1OC(=O)[C@H](C)[C@@H](O[C@H]2C[C@@](C)(OC)[C@@H](O)[C@H](C)O2)[C@H](C)[C@@H](O[C@@H]2O[C@H](C)C[C@H](N(C)CCc3cn(CCCCc4ccc(-c5cncnc5)cc4)nn3)[C@H]2O)[C@](C)(O)C[C@@H](C)CN(C)[C@H](C)[C@@H](O)[C@]1(C)O. The van der Waals surface area contributed by atoms with Gasteiger partial charge >= 0.3 is 5.97 Å². The number of ether oxygens (including phenoxy) is 6. The highest BCUT2D eigenvalue weighted by atomic mass is 16.7. The van der Waals surface area contributed by atoms with Crippen molar-refractivity contribution in [3.63, 3.8) is 0 Å². The van der Waals surface area contributed by atoms with Crippen LogP contribution in [-0.4, -0.2) is 191 Å². The number of esters is 1. The van der Waals surface area contributed by atoms with Crippen molar-refractivity contribution < 1.29 is 58.7 Å². The average Bonchev–Trinajstić information content (AvgIpc) is 3.83. The molecule has 0 amide bonds. The average molecular weight is 1040 g/mol. The Kier molecular flexibility index (Phi) is 20.7. The number of aliphatic hydroxyl groups excluding tert-OH is 3. The molecule has 2 aromatic heterocycles. The van der Waals surface area contributed by atoms with E-state index < -0.39 is 102 Å². The number of unbranched alkanes of at least 4 members (excludes halogenated alkanes) is 1. The summed E-state index contributed by atoms with van der Waals surface area (Å²) in [5, 5.41) is 68.6. The van der Waals surface area contributed by atoms with Crippen molar-refractivity contribution in [2.24, 2.45) is 17.8 Å². The predicted molar refractivity (Wildman–Crippen MR) is 277 cm³/mol. The summed E-state index contributed by atoms with van der Waals surface area (Å²) < 4.78 is 40.3. The largest absolute Gasteiger partial charge is 0.459 e. The second-order valence-electron chi connectivity index (χ2n) is 22.7. The van der Waals surface area contributed by atoms with Crippen LogP contribution in [0.15, 0.2) is 49.2 Å². The number of hydrogen-bond acceptors (Lipinski definition) is 18. The van der Waals surface area contributed by atoms with Crippen molar-refractivity contribution in [1.82, 2.24) is 34.8 Å². The van der Waals surface area contributed by atoms with Crippen LogP contribution < -0.4 is 0 Å². The molecule has 6 rings (SSSR count). The Morgan fingerprint density at radius 3 is 2.24 bits per heavy atom.